The SMILES string of the molecule is C[C@@H](N)Cc1ccc(C(F)F)c(F)c1. The van der Waals surface area contributed by atoms with Crippen LogP contribution in [-0.4, -0.2) is 6.04 Å². The van der Waals surface area contributed by atoms with E-state index >= 15 is 0 Å². The molecular formula is C10H12F3N. The van der Waals surface area contributed by atoms with E-state index in [1.54, 1.807) is 6.92 Å². The van der Waals surface area contributed by atoms with Gasteiger partial charge in [0.25, 0.3) is 6.43 Å². The molecule has 4 heteroatoms. The first-order chi connectivity index (χ1) is 6.50. The van der Waals surface area contributed by atoms with Gasteiger partial charge in [-0.1, -0.05) is 12.1 Å². The van der Waals surface area contributed by atoms with Gasteiger partial charge >= 0.3 is 0 Å². The molecule has 1 atom stereocenters. The van der Waals surface area contributed by atoms with E-state index < -0.39 is 17.8 Å². The molecule has 1 nitrogen and oxygen atoms in total. The van der Waals surface area contributed by atoms with Crippen molar-refractivity contribution in [1.29, 1.82) is 0 Å². The standard InChI is InChI=1S/C10H12F3N/c1-6(14)4-7-2-3-8(10(12)13)9(11)5-7/h2-3,5-6,10H,4,14H2,1H3/t6-/m1/s1. The van der Waals surface area contributed by atoms with Crippen LogP contribution in [0.1, 0.15) is 24.5 Å². The molecule has 0 aliphatic rings. The molecule has 0 heterocycles. The minimum atomic E-state index is -2.76. The first-order valence-electron chi connectivity index (χ1n) is 4.32. The lowest BCUT2D eigenvalue weighted by molar-refractivity contribution is 0.146. The van der Waals surface area contributed by atoms with Gasteiger partial charge in [0.05, 0.1) is 5.56 Å². The van der Waals surface area contributed by atoms with Crippen molar-refractivity contribution in [2.45, 2.75) is 25.8 Å². The van der Waals surface area contributed by atoms with E-state index in [4.69, 9.17) is 5.73 Å². The second-order valence-electron chi connectivity index (χ2n) is 3.34. The molecule has 0 fully saturated rings. The van der Waals surface area contributed by atoms with Crippen LogP contribution in [0.2, 0.25) is 0 Å². The third-order valence-corrected chi connectivity index (χ3v) is 1.86. The molecule has 0 radical (unpaired) electrons. The maximum atomic E-state index is 13.0. The molecule has 0 aromatic heterocycles. The molecule has 0 spiro atoms. The van der Waals surface area contributed by atoms with Crippen molar-refractivity contribution in [2.24, 2.45) is 5.73 Å². The van der Waals surface area contributed by atoms with E-state index in [2.05, 4.69) is 0 Å². The Morgan fingerprint density at radius 2 is 2.00 bits per heavy atom. The molecule has 0 saturated carbocycles. The highest BCUT2D eigenvalue weighted by Crippen LogP contribution is 2.22. The largest absolute Gasteiger partial charge is 0.328 e. The lowest BCUT2D eigenvalue weighted by Crippen LogP contribution is -2.17. The van der Waals surface area contributed by atoms with Crippen LogP contribution in [0.15, 0.2) is 18.2 Å². The minimum Gasteiger partial charge on any atom is -0.328 e. The maximum Gasteiger partial charge on any atom is 0.266 e. The molecule has 1 rings (SSSR count). The van der Waals surface area contributed by atoms with Gasteiger partial charge in [0.1, 0.15) is 5.82 Å². The van der Waals surface area contributed by atoms with Gasteiger partial charge in [0, 0.05) is 6.04 Å². The van der Waals surface area contributed by atoms with E-state index in [1.165, 1.54) is 6.07 Å². The molecule has 1 aromatic carbocycles. The fraction of sp³-hybridized carbons (Fsp3) is 0.400. The number of hydrogen-bond donors (Lipinski definition) is 1. The van der Waals surface area contributed by atoms with E-state index in [0.717, 1.165) is 12.1 Å². The highest BCUT2D eigenvalue weighted by Gasteiger charge is 2.13. The van der Waals surface area contributed by atoms with Crippen molar-refractivity contribution in [1.82, 2.24) is 0 Å². The lowest BCUT2D eigenvalue weighted by Gasteiger charge is -2.07. The van der Waals surface area contributed by atoms with Crippen LogP contribution in [0, 0.1) is 5.82 Å². The molecular weight excluding hydrogens is 191 g/mol. The molecule has 14 heavy (non-hydrogen) atoms. The zero-order valence-electron chi connectivity index (χ0n) is 7.81. The number of halogens is 3. The zero-order chi connectivity index (χ0) is 10.7. The summed E-state index contributed by atoms with van der Waals surface area (Å²) in [5.74, 6) is -0.863. The highest BCUT2D eigenvalue weighted by molar-refractivity contribution is 5.25. The van der Waals surface area contributed by atoms with Crippen LogP contribution in [0.5, 0.6) is 0 Å². The fourth-order valence-electron chi connectivity index (χ4n) is 1.25. The van der Waals surface area contributed by atoms with Crippen molar-refractivity contribution in [3.05, 3.63) is 35.1 Å². The number of nitrogens with two attached hydrogens (primary N) is 1. The van der Waals surface area contributed by atoms with Crippen molar-refractivity contribution >= 4 is 0 Å². The quantitative estimate of drug-likeness (QED) is 0.802. The van der Waals surface area contributed by atoms with Gasteiger partial charge in [-0.2, -0.15) is 0 Å². The number of rotatable bonds is 3. The predicted molar refractivity (Wildman–Crippen MR) is 48.7 cm³/mol. The predicted octanol–water partition coefficient (Wildman–Crippen LogP) is 2.65. The average Bonchev–Trinajstić information content (AvgIpc) is 2.01. The van der Waals surface area contributed by atoms with Crippen LogP contribution >= 0.6 is 0 Å². The lowest BCUT2D eigenvalue weighted by atomic mass is 10.1. The summed E-state index contributed by atoms with van der Waals surface area (Å²) in [6.07, 6.45) is -2.28. The Balaban J connectivity index is 2.89. The third kappa shape index (κ3) is 2.73. The summed E-state index contributed by atoms with van der Waals surface area (Å²) in [7, 11) is 0. The van der Waals surface area contributed by atoms with Crippen LogP contribution in [0.25, 0.3) is 0 Å². The Hall–Kier alpha value is -1.03. The normalized spacial score (nSPS) is 13.3. The van der Waals surface area contributed by atoms with Gasteiger partial charge in [0.2, 0.25) is 0 Å². The summed E-state index contributed by atoms with van der Waals surface area (Å²) in [5, 5.41) is 0. The second kappa shape index (κ2) is 4.46. The van der Waals surface area contributed by atoms with Crippen LogP contribution in [0.4, 0.5) is 13.2 Å². The first kappa shape index (κ1) is 11.0. The van der Waals surface area contributed by atoms with E-state index in [1.807, 2.05) is 0 Å². The molecule has 0 unspecified atom stereocenters. The second-order valence-corrected chi connectivity index (χ2v) is 3.34. The first-order valence-corrected chi connectivity index (χ1v) is 4.32. The molecule has 0 amide bonds. The Bertz CT molecular complexity index is 310. The summed E-state index contributed by atoms with van der Waals surface area (Å²) in [4.78, 5) is 0. The Morgan fingerprint density at radius 3 is 2.43 bits per heavy atom. The van der Waals surface area contributed by atoms with Crippen LogP contribution in [0.3, 0.4) is 0 Å². The topological polar surface area (TPSA) is 26.0 Å². The maximum absolute atomic E-state index is 13.0. The molecule has 0 bridgehead atoms. The zero-order valence-corrected chi connectivity index (χ0v) is 7.81. The van der Waals surface area contributed by atoms with Crippen molar-refractivity contribution in [2.75, 3.05) is 0 Å². The van der Waals surface area contributed by atoms with E-state index in [9.17, 15) is 13.2 Å². The molecule has 1 aromatic rings. The van der Waals surface area contributed by atoms with Crippen molar-refractivity contribution in [3.63, 3.8) is 0 Å². The smallest absolute Gasteiger partial charge is 0.266 e. The van der Waals surface area contributed by atoms with Gasteiger partial charge < -0.3 is 5.73 Å². The van der Waals surface area contributed by atoms with Gasteiger partial charge in [0.15, 0.2) is 0 Å². The summed E-state index contributed by atoms with van der Waals surface area (Å²) >= 11 is 0. The molecule has 0 aliphatic carbocycles. The summed E-state index contributed by atoms with van der Waals surface area (Å²) < 4.78 is 37.3. The Kier molecular flexibility index (Phi) is 3.52. The summed E-state index contributed by atoms with van der Waals surface area (Å²) in [6, 6.07) is 3.60. The summed E-state index contributed by atoms with van der Waals surface area (Å²) in [6.45, 7) is 1.78. The molecule has 0 aliphatic heterocycles. The Morgan fingerprint density at radius 1 is 1.36 bits per heavy atom. The van der Waals surface area contributed by atoms with Crippen molar-refractivity contribution in [3.8, 4) is 0 Å². The van der Waals surface area contributed by atoms with E-state index in [-0.39, 0.29) is 6.04 Å². The van der Waals surface area contributed by atoms with Crippen LogP contribution < -0.4 is 5.73 Å². The molecule has 2 N–H and O–H groups in total. The average molecular weight is 203 g/mol. The number of alkyl halides is 2. The Labute approximate surface area is 80.7 Å². The monoisotopic (exact) mass is 203 g/mol. The molecule has 0 saturated heterocycles. The third-order valence-electron chi connectivity index (χ3n) is 1.86. The number of benzene rings is 1. The fourth-order valence-corrected chi connectivity index (χ4v) is 1.25. The van der Waals surface area contributed by atoms with Gasteiger partial charge in [-0.05, 0) is 25.0 Å². The van der Waals surface area contributed by atoms with Gasteiger partial charge in [-0.3, -0.25) is 0 Å². The van der Waals surface area contributed by atoms with Crippen LogP contribution in [-0.2, 0) is 6.42 Å². The van der Waals surface area contributed by atoms with Gasteiger partial charge in [-0.15, -0.1) is 0 Å². The minimum absolute atomic E-state index is 0.105. The molecule has 78 valence electrons. The summed E-state index contributed by atoms with van der Waals surface area (Å²) in [5.41, 5.74) is 5.59. The number of hydrogen-bond acceptors (Lipinski definition) is 1. The van der Waals surface area contributed by atoms with Gasteiger partial charge in [-0.25, -0.2) is 13.2 Å². The van der Waals surface area contributed by atoms with E-state index in [0.29, 0.717) is 12.0 Å². The van der Waals surface area contributed by atoms with Crippen molar-refractivity contribution < 1.29 is 13.2 Å². The highest BCUT2D eigenvalue weighted by atomic mass is 19.3.